The maximum Gasteiger partial charge on any atom is -0.0253 e. The van der Waals surface area contributed by atoms with Crippen molar-refractivity contribution in [1.29, 1.82) is 0 Å². The zero-order chi connectivity index (χ0) is 22.9. The molecule has 1 heteroatoms. The van der Waals surface area contributed by atoms with Crippen LogP contribution in [0, 0.1) is 24.8 Å². The Labute approximate surface area is 216 Å². The van der Waals surface area contributed by atoms with Crippen molar-refractivity contribution in [3.63, 3.8) is 0 Å². The van der Waals surface area contributed by atoms with E-state index >= 15 is 0 Å². The summed E-state index contributed by atoms with van der Waals surface area (Å²) in [6.07, 6.45) is 16.2. The van der Waals surface area contributed by atoms with Gasteiger partial charge in [0.25, 0.3) is 0 Å². The third kappa shape index (κ3) is 7.02. The number of aryl methyl sites for hydroxylation is 1. The maximum atomic E-state index is 3.30. The van der Waals surface area contributed by atoms with E-state index in [0.717, 1.165) is 18.3 Å². The van der Waals surface area contributed by atoms with Gasteiger partial charge in [-0.25, -0.2) is 12.1 Å². The minimum absolute atomic E-state index is 1.05. The summed E-state index contributed by atoms with van der Waals surface area (Å²) >= 11 is 1.77. The molecule has 3 aromatic carbocycles. The van der Waals surface area contributed by atoms with Gasteiger partial charge in [0.05, 0.1) is 0 Å². The minimum atomic E-state index is 1.05. The number of hydrogen-bond acceptors (Lipinski definition) is 0. The van der Waals surface area contributed by atoms with E-state index in [4.69, 9.17) is 0 Å². The van der Waals surface area contributed by atoms with Gasteiger partial charge < -0.3 is 0 Å². The largest absolute Gasteiger partial charge is 0.179 e. The van der Waals surface area contributed by atoms with E-state index in [9.17, 15) is 0 Å². The normalized spacial score (nSPS) is 17.7. The predicted molar refractivity (Wildman–Crippen MR) is 138 cm³/mol. The summed E-state index contributed by atoms with van der Waals surface area (Å²) in [7, 11) is 0. The topological polar surface area (TPSA) is 0 Å². The maximum absolute atomic E-state index is 3.30. The molecule has 2 saturated carbocycles. The molecule has 0 spiro atoms. The molecule has 0 radical (unpaired) electrons. The summed E-state index contributed by atoms with van der Waals surface area (Å²) in [4.78, 5) is 0. The summed E-state index contributed by atoms with van der Waals surface area (Å²) in [6, 6.07) is 26.3. The zero-order valence-electron chi connectivity index (χ0n) is 20.3. The molecule has 3 aliphatic carbocycles. The quantitative estimate of drug-likeness (QED) is 0.235. The van der Waals surface area contributed by atoms with Crippen molar-refractivity contribution < 1.29 is 24.2 Å². The second-order valence-electron chi connectivity index (χ2n) is 9.98. The van der Waals surface area contributed by atoms with Gasteiger partial charge >= 0.3 is 103 Å². The number of rotatable bonds is 2. The van der Waals surface area contributed by atoms with Gasteiger partial charge in [-0.2, -0.15) is 47.5 Å². The van der Waals surface area contributed by atoms with Crippen LogP contribution < -0.4 is 0 Å². The Balaban J connectivity index is 0.000000127. The second-order valence-corrected chi connectivity index (χ2v) is 11.4. The molecule has 0 heterocycles. The third-order valence-corrected chi connectivity index (χ3v) is 9.54. The Morgan fingerprint density at radius 2 is 1.42 bits per heavy atom. The van der Waals surface area contributed by atoms with Crippen LogP contribution in [0.5, 0.6) is 0 Å². The van der Waals surface area contributed by atoms with Gasteiger partial charge in [-0.3, -0.25) is 0 Å². The van der Waals surface area contributed by atoms with Crippen LogP contribution in [0.1, 0.15) is 80.9 Å². The summed E-state index contributed by atoms with van der Waals surface area (Å²) in [5.74, 6) is 2.09. The van der Waals surface area contributed by atoms with Crippen LogP contribution in [0.15, 0.2) is 66.7 Å². The minimum Gasteiger partial charge on any atom is -0.179 e. The Morgan fingerprint density at radius 1 is 0.788 bits per heavy atom. The first-order chi connectivity index (χ1) is 16.2. The Kier molecular flexibility index (Phi) is 9.60. The second kappa shape index (κ2) is 12.9. The van der Waals surface area contributed by atoms with Gasteiger partial charge in [0.15, 0.2) is 0 Å². The smallest absolute Gasteiger partial charge is 0.0253 e. The van der Waals surface area contributed by atoms with Crippen molar-refractivity contribution >= 4 is 3.21 Å². The van der Waals surface area contributed by atoms with E-state index in [-0.39, 0.29) is 0 Å². The summed E-state index contributed by atoms with van der Waals surface area (Å²) in [6.45, 7) is 2.08. The van der Waals surface area contributed by atoms with Crippen molar-refractivity contribution in [3.8, 4) is 11.1 Å². The molecule has 0 atom stereocenters. The molecule has 0 amide bonds. The van der Waals surface area contributed by atoms with E-state index in [1.54, 1.807) is 24.2 Å². The van der Waals surface area contributed by atoms with Crippen LogP contribution in [-0.2, 0) is 30.7 Å². The first kappa shape index (κ1) is 24.7. The van der Waals surface area contributed by atoms with Crippen LogP contribution in [0.4, 0.5) is 0 Å². The van der Waals surface area contributed by atoms with E-state index in [1.165, 1.54) is 92.0 Å². The molecule has 0 aromatic heterocycles. The molecule has 3 aliphatic rings. The van der Waals surface area contributed by atoms with Crippen molar-refractivity contribution in [1.82, 2.24) is 0 Å². The van der Waals surface area contributed by atoms with Crippen molar-refractivity contribution in [3.05, 3.63) is 89.5 Å². The van der Waals surface area contributed by atoms with Gasteiger partial charge in [-0.15, -0.1) is 5.56 Å². The molecule has 0 N–H and O–H groups in total. The fourth-order valence-electron chi connectivity index (χ4n) is 5.63. The molecule has 0 saturated heterocycles. The van der Waals surface area contributed by atoms with Crippen LogP contribution in [0.3, 0.4) is 0 Å². The molecule has 6 rings (SSSR count). The Hall–Kier alpha value is -1.46. The molecule has 0 nitrogen and oxygen atoms in total. The van der Waals surface area contributed by atoms with Crippen molar-refractivity contribution in [2.45, 2.75) is 77.6 Å². The fourth-order valence-corrected chi connectivity index (χ4v) is 7.05. The summed E-state index contributed by atoms with van der Waals surface area (Å²) < 4.78 is 1.97. The van der Waals surface area contributed by atoms with Gasteiger partial charge in [0, 0.05) is 0 Å². The van der Waals surface area contributed by atoms with Crippen LogP contribution >= 0.6 is 0 Å². The Bertz CT molecular complexity index is 921. The molecule has 0 unspecified atom stereocenters. The number of fused-ring (bicyclic) bond motifs is 3. The van der Waals surface area contributed by atoms with Gasteiger partial charge in [-0.05, 0) is 6.42 Å². The summed E-state index contributed by atoms with van der Waals surface area (Å²) in [5.41, 5.74) is 6.85. The predicted octanol–water partition coefficient (Wildman–Crippen LogP) is 8.64. The molecule has 170 valence electrons. The average molecular weight is 514 g/mol. The van der Waals surface area contributed by atoms with E-state index in [1.807, 2.05) is 21.4 Å². The zero-order valence-corrected chi connectivity index (χ0v) is 22.7. The Morgan fingerprint density at radius 3 is 2.00 bits per heavy atom. The fraction of sp³-hybridized carbons (Fsp3) is 0.438. The first-order valence-electron chi connectivity index (χ1n) is 13.1. The van der Waals surface area contributed by atoms with E-state index < -0.39 is 0 Å². The molecule has 33 heavy (non-hydrogen) atoms. The molecular formula is C32H38Zr. The molecule has 0 aliphatic heterocycles. The molecule has 2 fully saturated rings. The number of benzene rings is 2. The van der Waals surface area contributed by atoms with Gasteiger partial charge in [0.1, 0.15) is 0 Å². The van der Waals surface area contributed by atoms with Crippen molar-refractivity contribution in [2.75, 3.05) is 0 Å². The molecular weight excluding hydrogens is 476 g/mol. The molecule has 3 aromatic rings. The SMILES string of the molecule is Cc1ccc[cH-]1.[Zr+2]=[C](C1CCCCC1)C1CCCCC1.[c-]1cccc2c1Cc1ccccc1-2. The average Bonchev–Trinajstić information content (AvgIpc) is 3.52. The van der Waals surface area contributed by atoms with E-state index in [0.29, 0.717) is 0 Å². The number of hydrogen-bond donors (Lipinski definition) is 0. The van der Waals surface area contributed by atoms with E-state index in [2.05, 4.69) is 61.5 Å². The monoisotopic (exact) mass is 512 g/mol. The molecule has 0 bridgehead atoms. The van der Waals surface area contributed by atoms with Crippen LogP contribution in [0.2, 0.25) is 0 Å². The van der Waals surface area contributed by atoms with Crippen LogP contribution in [0.25, 0.3) is 11.1 Å². The first-order valence-corrected chi connectivity index (χ1v) is 14.3. The standard InChI is InChI=1S/C13H9.C13H22.C6H7.Zr/c1-3-7-12-10(5-1)9-11-6-2-4-8-13(11)12;1-3-7-12(8-4-1)11-13-9-5-2-6-10-13;1-6-4-2-3-5-6;/h1-5,7-8H,9H2;12-13H,1-10H2;2-5H,1H3;/q-1;;-1;+2. The van der Waals surface area contributed by atoms with Crippen LogP contribution in [-0.4, -0.2) is 3.21 Å². The van der Waals surface area contributed by atoms with Gasteiger partial charge in [-0.1, -0.05) is 42.3 Å². The van der Waals surface area contributed by atoms with Crippen molar-refractivity contribution in [2.24, 2.45) is 11.8 Å². The summed E-state index contributed by atoms with van der Waals surface area (Å²) in [5, 5.41) is 0. The van der Waals surface area contributed by atoms with Gasteiger partial charge in [0.2, 0.25) is 0 Å². The third-order valence-electron chi connectivity index (χ3n) is 7.54.